The van der Waals surface area contributed by atoms with Gasteiger partial charge in [0.2, 0.25) is 0 Å². The van der Waals surface area contributed by atoms with Crippen molar-refractivity contribution in [1.29, 1.82) is 0 Å². The third-order valence-electron chi connectivity index (χ3n) is 3.84. The number of carbonyl (C=O) groups excluding carboxylic acids is 1. The van der Waals surface area contributed by atoms with Crippen molar-refractivity contribution >= 4 is 17.4 Å². The number of nitrogens with one attached hydrogen (secondary N) is 2. The molecule has 2 aromatic heterocycles. The Bertz CT molecular complexity index is 546. The van der Waals surface area contributed by atoms with E-state index >= 15 is 0 Å². The van der Waals surface area contributed by atoms with Gasteiger partial charge in [-0.05, 0) is 18.9 Å². The van der Waals surface area contributed by atoms with E-state index in [0.29, 0.717) is 12.5 Å². The van der Waals surface area contributed by atoms with Crippen molar-refractivity contribution in [3.63, 3.8) is 0 Å². The van der Waals surface area contributed by atoms with Crippen LogP contribution in [-0.2, 0) is 6.42 Å². The van der Waals surface area contributed by atoms with Gasteiger partial charge < -0.3 is 10.2 Å². The minimum atomic E-state index is 0.0367. The molecule has 0 radical (unpaired) electrons. The summed E-state index contributed by atoms with van der Waals surface area (Å²) in [5, 5.41) is 13.0. The van der Waals surface area contributed by atoms with Crippen LogP contribution in [-0.4, -0.2) is 45.7 Å². The first-order valence-electron chi connectivity index (χ1n) is 7.23. The summed E-state index contributed by atoms with van der Waals surface area (Å²) in [6.07, 6.45) is 6.35. The monoisotopic (exact) mass is 305 g/mol. The van der Waals surface area contributed by atoms with Crippen molar-refractivity contribution in [2.45, 2.75) is 25.2 Å². The lowest BCUT2D eigenvalue weighted by atomic mass is 9.94. The van der Waals surface area contributed by atoms with Crippen molar-refractivity contribution in [2.24, 2.45) is 0 Å². The number of thiazole rings is 1. The molecule has 0 atom stereocenters. The van der Waals surface area contributed by atoms with Gasteiger partial charge in [0.15, 0.2) is 0 Å². The quantitative estimate of drug-likeness (QED) is 0.907. The van der Waals surface area contributed by atoms with Crippen LogP contribution in [0.5, 0.6) is 0 Å². The number of hydrogen-bond acceptors (Lipinski definition) is 4. The van der Waals surface area contributed by atoms with Crippen LogP contribution in [0.3, 0.4) is 0 Å². The Morgan fingerprint density at radius 2 is 2.29 bits per heavy atom. The highest BCUT2D eigenvalue weighted by atomic mass is 32.1. The smallest absolute Gasteiger partial charge is 0.317 e. The summed E-state index contributed by atoms with van der Waals surface area (Å²) in [6, 6.07) is 2.06. The van der Waals surface area contributed by atoms with Crippen LogP contribution in [0.25, 0.3) is 0 Å². The number of hydrogen-bond donors (Lipinski definition) is 2. The minimum absolute atomic E-state index is 0.0367. The zero-order valence-electron chi connectivity index (χ0n) is 11.8. The molecule has 1 aliphatic heterocycles. The Morgan fingerprint density at radius 1 is 1.43 bits per heavy atom. The van der Waals surface area contributed by atoms with Crippen molar-refractivity contribution in [2.75, 3.05) is 19.6 Å². The fourth-order valence-electron chi connectivity index (χ4n) is 2.65. The van der Waals surface area contributed by atoms with E-state index in [2.05, 4.69) is 20.5 Å². The Kier molecular flexibility index (Phi) is 4.49. The van der Waals surface area contributed by atoms with Gasteiger partial charge in [-0.3, -0.25) is 5.10 Å². The van der Waals surface area contributed by atoms with E-state index in [0.717, 1.165) is 37.4 Å². The highest BCUT2D eigenvalue weighted by molar-refractivity contribution is 7.09. The second kappa shape index (κ2) is 6.71. The standard InChI is InChI=1S/C14H19N5OS/c20-14(16-5-2-13-15-7-10-21-13)19-8-3-11(4-9-19)12-1-6-17-18-12/h1,6-7,10-11H,2-5,8-9H2,(H,16,20)(H,17,18). The second-order valence-electron chi connectivity index (χ2n) is 5.18. The number of aromatic amines is 1. The number of rotatable bonds is 4. The summed E-state index contributed by atoms with van der Waals surface area (Å²) in [6.45, 7) is 2.24. The number of nitrogens with zero attached hydrogens (tertiary/aromatic N) is 3. The number of carbonyl (C=O) groups is 1. The molecule has 0 spiro atoms. The predicted octanol–water partition coefficient (Wildman–Crippen LogP) is 2.00. The first-order valence-corrected chi connectivity index (χ1v) is 8.11. The summed E-state index contributed by atoms with van der Waals surface area (Å²) in [7, 11) is 0. The molecule has 1 aliphatic rings. The van der Waals surface area contributed by atoms with E-state index < -0.39 is 0 Å². The fraction of sp³-hybridized carbons (Fsp3) is 0.500. The van der Waals surface area contributed by atoms with E-state index in [1.54, 1.807) is 23.7 Å². The number of likely N-dealkylation sites (tertiary alicyclic amines) is 1. The van der Waals surface area contributed by atoms with Crippen LogP contribution in [0.2, 0.25) is 0 Å². The predicted molar refractivity (Wildman–Crippen MR) is 81.4 cm³/mol. The van der Waals surface area contributed by atoms with Gasteiger partial charge in [-0.1, -0.05) is 0 Å². The average Bonchev–Trinajstić information content (AvgIpc) is 3.21. The molecular weight excluding hydrogens is 286 g/mol. The third-order valence-corrected chi connectivity index (χ3v) is 4.68. The van der Waals surface area contributed by atoms with E-state index in [4.69, 9.17) is 0 Å². The van der Waals surface area contributed by atoms with Crippen molar-refractivity contribution in [3.8, 4) is 0 Å². The Morgan fingerprint density at radius 3 is 2.95 bits per heavy atom. The maximum Gasteiger partial charge on any atom is 0.317 e. The van der Waals surface area contributed by atoms with Gasteiger partial charge in [0.05, 0.1) is 5.01 Å². The normalized spacial score (nSPS) is 16.1. The summed E-state index contributed by atoms with van der Waals surface area (Å²) >= 11 is 1.62. The summed E-state index contributed by atoms with van der Waals surface area (Å²) in [5.74, 6) is 0.492. The molecular formula is C14H19N5OS. The Labute approximate surface area is 127 Å². The first kappa shape index (κ1) is 14.1. The molecule has 112 valence electrons. The molecule has 0 saturated carbocycles. The van der Waals surface area contributed by atoms with Crippen LogP contribution in [0, 0.1) is 0 Å². The molecule has 3 rings (SSSR count). The van der Waals surface area contributed by atoms with E-state index in [9.17, 15) is 4.79 Å². The highest BCUT2D eigenvalue weighted by Crippen LogP contribution is 2.26. The number of piperidine rings is 1. The molecule has 1 saturated heterocycles. The topological polar surface area (TPSA) is 73.9 Å². The first-order chi connectivity index (χ1) is 10.3. The maximum absolute atomic E-state index is 12.1. The van der Waals surface area contributed by atoms with Gasteiger partial charge in [0.1, 0.15) is 0 Å². The number of H-pyrrole nitrogens is 1. The number of aromatic nitrogens is 3. The lowest BCUT2D eigenvalue weighted by Gasteiger charge is -2.31. The zero-order valence-corrected chi connectivity index (χ0v) is 12.6. The largest absolute Gasteiger partial charge is 0.338 e. The molecule has 3 heterocycles. The Hall–Kier alpha value is -1.89. The van der Waals surface area contributed by atoms with Gasteiger partial charge in [0, 0.05) is 55.4 Å². The molecule has 7 heteroatoms. The average molecular weight is 305 g/mol. The molecule has 0 aromatic carbocycles. The maximum atomic E-state index is 12.1. The molecule has 0 unspecified atom stereocenters. The summed E-state index contributed by atoms with van der Waals surface area (Å²) < 4.78 is 0. The van der Waals surface area contributed by atoms with E-state index in [-0.39, 0.29) is 6.03 Å². The second-order valence-corrected chi connectivity index (χ2v) is 6.16. The van der Waals surface area contributed by atoms with Crippen LogP contribution in [0.1, 0.15) is 29.5 Å². The highest BCUT2D eigenvalue weighted by Gasteiger charge is 2.24. The van der Waals surface area contributed by atoms with Crippen LogP contribution in [0.4, 0.5) is 4.79 Å². The van der Waals surface area contributed by atoms with Gasteiger partial charge in [-0.25, -0.2) is 9.78 Å². The summed E-state index contributed by atoms with van der Waals surface area (Å²) in [4.78, 5) is 18.2. The van der Waals surface area contributed by atoms with Gasteiger partial charge >= 0.3 is 6.03 Å². The molecule has 2 aromatic rings. The number of urea groups is 1. The van der Waals surface area contributed by atoms with E-state index in [1.165, 1.54) is 5.69 Å². The van der Waals surface area contributed by atoms with Gasteiger partial charge in [-0.2, -0.15) is 5.10 Å². The molecule has 21 heavy (non-hydrogen) atoms. The molecule has 2 N–H and O–H groups in total. The molecule has 6 nitrogen and oxygen atoms in total. The van der Waals surface area contributed by atoms with Crippen LogP contribution >= 0.6 is 11.3 Å². The van der Waals surface area contributed by atoms with Crippen LogP contribution < -0.4 is 5.32 Å². The SMILES string of the molecule is O=C(NCCc1nccs1)N1CCC(c2ccn[nH]2)CC1. The number of amides is 2. The molecule has 0 aliphatic carbocycles. The van der Waals surface area contributed by atoms with Crippen LogP contribution in [0.15, 0.2) is 23.8 Å². The molecule has 2 amide bonds. The van der Waals surface area contributed by atoms with Crippen molar-refractivity contribution in [3.05, 3.63) is 34.5 Å². The fourth-order valence-corrected chi connectivity index (χ4v) is 3.27. The van der Waals surface area contributed by atoms with Crippen molar-refractivity contribution in [1.82, 2.24) is 25.4 Å². The van der Waals surface area contributed by atoms with E-state index in [1.807, 2.05) is 16.3 Å². The third kappa shape index (κ3) is 3.60. The molecule has 0 bridgehead atoms. The van der Waals surface area contributed by atoms with Gasteiger partial charge in [-0.15, -0.1) is 11.3 Å². The van der Waals surface area contributed by atoms with Crippen molar-refractivity contribution < 1.29 is 4.79 Å². The summed E-state index contributed by atoms with van der Waals surface area (Å²) in [5.41, 5.74) is 1.18. The zero-order chi connectivity index (χ0) is 14.5. The minimum Gasteiger partial charge on any atom is -0.338 e. The van der Waals surface area contributed by atoms with Gasteiger partial charge in [0.25, 0.3) is 0 Å². The molecule has 1 fully saturated rings. The lowest BCUT2D eigenvalue weighted by molar-refractivity contribution is 0.181. The Balaban J connectivity index is 1.40. The lowest BCUT2D eigenvalue weighted by Crippen LogP contribution is -2.44.